The van der Waals surface area contributed by atoms with Crippen LogP contribution in [0, 0.1) is 0 Å². The zero-order chi connectivity index (χ0) is 19.7. The van der Waals surface area contributed by atoms with E-state index in [2.05, 4.69) is 0 Å². The van der Waals surface area contributed by atoms with Gasteiger partial charge in [0.25, 0.3) is 0 Å². The number of hydrogen-bond acceptors (Lipinski definition) is 4. The van der Waals surface area contributed by atoms with Gasteiger partial charge in [0.2, 0.25) is 10.0 Å². The molecule has 1 aromatic carbocycles. The average Bonchev–Trinajstić information content (AvgIpc) is 2.53. The number of rotatable bonds is 5. The third kappa shape index (κ3) is 4.51. The van der Waals surface area contributed by atoms with Crippen LogP contribution in [0.4, 0.5) is 13.2 Å². The lowest BCUT2D eigenvalue weighted by Gasteiger charge is -2.41. The van der Waals surface area contributed by atoms with Crippen LogP contribution in [-0.4, -0.2) is 61.1 Å². The van der Waals surface area contributed by atoms with Gasteiger partial charge in [-0.2, -0.15) is 17.5 Å². The van der Waals surface area contributed by atoms with Gasteiger partial charge in [0, 0.05) is 32.2 Å². The minimum absolute atomic E-state index is 0.0358. The highest BCUT2D eigenvalue weighted by molar-refractivity contribution is 7.89. The molecule has 0 bridgehead atoms. The molecule has 5 nitrogen and oxygen atoms in total. The minimum Gasteiger partial charge on any atom is -0.392 e. The van der Waals surface area contributed by atoms with E-state index in [9.17, 15) is 26.7 Å². The van der Waals surface area contributed by atoms with Crippen LogP contribution in [0.5, 0.6) is 0 Å². The fraction of sp³-hybridized carbons (Fsp3) is 0.625. The minimum atomic E-state index is -4.83. The highest BCUT2D eigenvalue weighted by Crippen LogP contribution is 2.39. The van der Waals surface area contributed by atoms with Crippen LogP contribution in [0.15, 0.2) is 23.1 Å². The van der Waals surface area contributed by atoms with E-state index in [4.69, 9.17) is 11.6 Å². The fourth-order valence-electron chi connectivity index (χ4n) is 3.17. The van der Waals surface area contributed by atoms with Crippen LogP contribution in [-0.2, 0) is 16.2 Å². The Bertz CT molecular complexity index is 741. The Balaban J connectivity index is 2.38. The first kappa shape index (κ1) is 21.4. The van der Waals surface area contributed by atoms with Crippen LogP contribution in [0.3, 0.4) is 0 Å². The van der Waals surface area contributed by atoms with E-state index in [1.807, 2.05) is 11.8 Å². The Morgan fingerprint density at radius 1 is 1.35 bits per heavy atom. The third-order valence-corrected chi connectivity index (χ3v) is 6.80. The lowest BCUT2D eigenvalue weighted by atomic mass is 10.1. The molecule has 1 aliphatic heterocycles. The number of halogens is 4. The Labute approximate surface area is 156 Å². The van der Waals surface area contributed by atoms with Crippen molar-refractivity contribution < 1.29 is 26.7 Å². The van der Waals surface area contributed by atoms with Gasteiger partial charge in [-0.25, -0.2) is 8.42 Å². The molecule has 0 saturated carbocycles. The number of alkyl halides is 3. The number of aliphatic hydroxyl groups excluding tert-OH is 1. The standard InChI is InChI=1S/C16H22ClF3N2O3S/c1-3-12-10-22(8-7-21(12)9-11(2)23)26(24,25)15-13(16(18,19)20)5-4-6-14(15)17/h4-6,11-12,23H,3,7-10H2,1-2H3/t11-,12+/m1/s1. The molecule has 26 heavy (non-hydrogen) atoms. The summed E-state index contributed by atoms with van der Waals surface area (Å²) in [6, 6.07) is 2.76. The largest absolute Gasteiger partial charge is 0.417 e. The van der Waals surface area contributed by atoms with E-state index in [1.165, 1.54) is 0 Å². The monoisotopic (exact) mass is 414 g/mol. The van der Waals surface area contributed by atoms with E-state index in [-0.39, 0.29) is 19.1 Å². The fourth-order valence-corrected chi connectivity index (χ4v) is 5.36. The van der Waals surface area contributed by atoms with Crippen molar-refractivity contribution in [3.63, 3.8) is 0 Å². The first-order valence-corrected chi connectivity index (χ1v) is 10.1. The molecule has 0 aromatic heterocycles. The lowest BCUT2D eigenvalue weighted by Crippen LogP contribution is -2.55. The van der Waals surface area contributed by atoms with Gasteiger partial charge in [-0.05, 0) is 25.5 Å². The van der Waals surface area contributed by atoms with Gasteiger partial charge in [0.1, 0.15) is 4.90 Å². The first-order chi connectivity index (χ1) is 12.0. The van der Waals surface area contributed by atoms with E-state index in [0.29, 0.717) is 19.5 Å². The van der Waals surface area contributed by atoms with Crippen molar-refractivity contribution in [3.8, 4) is 0 Å². The molecule has 2 atom stereocenters. The van der Waals surface area contributed by atoms with Crippen molar-refractivity contribution in [3.05, 3.63) is 28.8 Å². The summed E-state index contributed by atoms with van der Waals surface area (Å²) in [5.41, 5.74) is -1.26. The van der Waals surface area contributed by atoms with Crippen LogP contribution in [0.25, 0.3) is 0 Å². The number of hydrogen-bond donors (Lipinski definition) is 1. The van der Waals surface area contributed by atoms with Crippen LogP contribution in [0.2, 0.25) is 5.02 Å². The number of piperazine rings is 1. The molecule has 0 spiro atoms. The van der Waals surface area contributed by atoms with Gasteiger partial charge in [-0.15, -0.1) is 0 Å². The summed E-state index contributed by atoms with van der Waals surface area (Å²) in [6.07, 6.45) is -4.80. The van der Waals surface area contributed by atoms with Gasteiger partial charge in [0.05, 0.1) is 16.7 Å². The van der Waals surface area contributed by atoms with Crippen LogP contribution >= 0.6 is 11.6 Å². The molecule has 10 heteroatoms. The summed E-state index contributed by atoms with van der Waals surface area (Å²) in [6.45, 7) is 4.30. The number of aliphatic hydroxyl groups is 1. The molecular weight excluding hydrogens is 393 g/mol. The van der Waals surface area contributed by atoms with Crippen molar-refractivity contribution in [2.75, 3.05) is 26.2 Å². The van der Waals surface area contributed by atoms with Crippen molar-refractivity contribution in [2.24, 2.45) is 0 Å². The summed E-state index contributed by atoms with van der Waals surface area (Å²) in [5, 5.41) is 9.12. The van der Waals surface area contributed by atoms with Crippen LogP contribution < -0.4 is 0 Å². The first-order valence-electron chi connectivity index (χ1n) is 8.26. The van der Waals surface area contributed by atoms with Crippen molar-refractivity contribution >= 4 is 21.6 Å². The molecule has 0 amide bonds. The number of nitrogens with zero attached hydrogens (tertiary/aromatic N) is 2. The molecular formula is C16H22ClF3N2O3S. The normalized spacial score (nSPS) is 21.7. The summed E-state index contributed by atoms with van der Waals surface area (Å²) in [7, 11) is -4.41. The number of β-amino-alcohol motifs (C(OH)–C–C–N with tert-alkyl or cyclic N) is 1. The molecule has 2 rings (SSSR count). The number of benzene rings is 1. The maximum absolute atomic E-state index is 13.3. The number of sulfonamides is 1. The Morgan fingerprint density at radius 3 is 2.54 bits per heavy atom. The Hall–Kier alpha value is -0.870. The summed E-state index contributed by atoms with van der Waals surface area (Å²) in [5.74, 6) is 0. The van der Waals surface area contributed by atoms with Crippen molar-refractivity contribution in [1.29, 1.82) is 0 Å². The predicted octanol–water partition coefficient (Wildman–Crippen LogP) is 2.82. The molecule has 0 unspecified atom stereocenters. The molecule has 1 aliphatic rings. The third-order valence-electron chi connectivity index (χ3n) is 4.41. The summed E-state index contributed by atoms with van der Waals surface area (Å²) < 4.78 is 66.8. The van der Waals surface area contributed by atoms with E-state index >= 15 is 0 Å². The molecule has 1 saturated heterocycles. The molecule has 1 heterocycles. The molecule has 148 valence electrons. The molecule has 0 radical (unpaired) electrons. The van der Waals surface area contributed by atoms with E-state index in [0.717, 1.165) is 22.5 Å². The van der Waals surface area contributed by atoms with Crippen molar-refractivity contribution in [1.82, 2.24) is 9.21 Å². The lowest BCUT2D eigenvalue weighted by molar-refractivity contribution is -0.139. The molecule has 1 N–H and O–H groups in total. The second-order valence-electron chi connectivity index (χ2n) is 6.38. The topological polar surface area (TPSA) is 60.9 Å². The van der Waals surface area contributed by atoms with Crippen molar-refractivity contribution in [2.45, 2.75) is 43.5 Å². The van der Waals surface area contributed by atoms with Gasteiger partial charge in [-0.3, -0.25) is 4.90 Å². The van der Waals surface area contributed by atoms with Gasteiger partial charge < -0.3 is 5.11 Å². The van der Waals surface area contributed by atoms with Crippen LogP contribution in [0.1, 0.15) is 25.8 Å². The van der Waals surface area contributed by atoms with E-state index in [1.54, 1.807) is 6.92 Å². The van der Waals surface area contributed by atoms with Gasteiger partial charge >= 0.3 is 6.18 Å². The molecule has 1 aromatic rings. The van der Waals surface area contributed by atoms with E-state index < -0.39 is 37.8 Å². The molecule has 0 aliphatic carbocycles. The van der Waals surface area contributed by atoms with Gasteiger partial charge in [0.15, 0.2) is 0 Å². The maximum Gasteiger partial charge on any atom is 0.417 e. The molecule has 1 fully saturated rings. The zero-order valence-corrected chi connectivity index (χ0v) is 16.1. The summed E-state index contributed by atoms with van der Waals surface area (Å²) >= 11 is 5.86. The second kappa shape index (κ2) is 8.02. The predicted molar refractivity (Wildman–Crippen MR) is 92.5 cm³/mol. The van der Waals surface area contributed by atoms with Gasteiger partial charge in [-0.1, -0.05) is 24.6 Å². The highest BCUT2D eigenvalue weighted by Gasteiger charge is 2.42. The quantitative estimate of drug-likeness (QED) is 0.804. The average molecular weight is 415 g/mol. The summed E-state index contributed by atoms with van der Waals surface area (Å²) in [4.78, 5) is 1.06. The Kier molecular flexibility index (Phi) is 6.61. The zero-order valence-electron chi connectivity index (χ0n) is 14.5. The second-order valence-corrected chi connectivity index (χ2v) is 8.67. The smallest absolute Gasteiger partial charge is 0.392 e. The maximum atomic E-state index is 13.3. The highest BCUT2D eigenvalue weighted by atomic mass is 35.5. The Morgan fingerprint density at radius 2 is 2.00 bits per heavy atom. The SMILES string of the molecule is CC[C@H]1CN(S(=O)(=O)c2c(Cl)cccc2C(F)(F)F)CCN1C[C@@H](C)O.